The summed E-state index contributed by atoms with van der Waals surface area (Å²) in [4.78, 5) is 25.6. The monoisotopic (exact) mass is 338 g/mol. The highest BCUT2D eigenvalue weighted by molar-refractivity contribution is 7.17. The van der Waals surface area contributed by atoms with E-state index in [2.05, 4.69) is 0 Å². The average Bonchev–Trinajstić information content (AvgIpc) is 3.28. The molecular formula is C18H14N2O3S. The molecule has 0 atom stereocenters. The quantitative estimate of drug-likeness (QED) is 0.575. The topological polar surface area (TPSA) is 57.1 Å². The van der Waals surface area contributed by atoms with Crippen LogP contribution in [0.4, 0.5) is 0 Å². The summed E-state index contributed by atoms with van der Waals surface area (Å²) < 4.78 is 8.76. The Labute approximate surface area is 141 Å². The molecule has 0 aliphatic carbocycles. The van der Waals surface area contributed by atoms with Gasteiger partial charge in [0.25, 0.3) is 5.56 Å². The molecule has 3 heterocycles. The van der Waals surface area contributed by atoms with Gasteiger partial charge in [0, 0.05) is 0 Å². The minimum atomic E-state index is -0.328. The molecule has 24 heavy (non-hydrogen) atoms. The molecule has 4 rings (SSSR count). The summed E-state index contributed by atoms with van der Waals surface area (Å²) in [7, 11) is 0. The molecule has 0 radical (unpaired) electrons. The molecule has 0 unspecified atom stereocenters. The van der Waals surface area contributed by atoms with Gasteiger partial charge in [-0.05, 0) is 29.1 Å². The van der Waals surface area contributed by atoms with E-state index in [9.17, 15) is 9.59 Å². The molecule has 6 heteroatoms. The van der Waals surface area contributed by atoms with Crippen LogP contribution in [0.2, 0.25) is 0 Å². The maximum atomic E-state index is 12.9. The lowest BCUT2D eigenvalue weighted by molar-refractivity contribution is 0.479. The van der Waals surface area contributed by atoms with Crippen LogP contribution in [-0.2, 0) is 13.1 Å². The lowest BCUT2D eigenvalue weighted by atomic mass is 10.2. The number of furan rings is 1. The molecule has 0 fully saturated rings. The van der Waals surface area contributed by atoms with Crippen LogP contribution >= 0.6 is 11.3 Å². The molecule has 4 aromatic rings. The van der Waals surface area contributed by atoms with Gasteiger partial charge in [0.2, 0.25) is 0 Å². The summed E-state index contributed by atoms with van der Waals surface area (Å²) in [6.45, 7) is 0.554. The molecule has 3 aromatic heterocycles. The highest BCUT2D eigenvalue weighted by Gasteiger charge is 2.15. The van der Waals surface area contributed by atoms with Gasteiger partial charge in [-0.1, -0.05) is 30.3 Å². The fourth-order valence-electron chi connectivity index (χ4n) is 2.75. The Kier molecular flexibility index (Phi) is 3.66. The average molecular weight is 338 g/mol. The van der Waals surface area contributed by atoms with E-state index in [1.807, 2.05) is 41.8 Å². The van der Waals surface area contributed by atoms with Crippen molar-refractivity contribution in [3.63, 3.8) is 0 Å². The summed E-state index contributed by atoms with van der Waals surface area (Å²) >= 11 is 1.35. The molecule has 0 aliphatic heterocycles. The molecule has 0 bridgehead atoms. The third-order valence-electron chi connectivity index (χ3n) is 3.91. The van der Waals surface area contributed by atoms with E-state index in [0.717, 1.165) is 5.56 Å². The SMILES string of the molecule is O=c1c2sccc2n(Cc2ccccc2)c(=O)n1Cc1ccco1. The number of aromatic nitrogens is 2. The van der Waals surface area contributed by atoms with Crippen molar-refractivity contribution >= 4 is 21.6 Å². The Balaban J connectivity index is 1.90. The third kappa shape index (κ3) is 2.51. The smallest absolute Gasteiger partial charge is 0.332 e. The van der Waals surface area contributed by atoms with Crippen molar-refractivity contribution in [2.24, 2.45) is 0 Å². The van der Waals surface area contributed by atoms with Gasteiger partial charge in [-0.25, -0.2) is 4.79 Å². The van der Waals surface area contributed by atoms with Gasteiger partial charge in [0.05, 0.1) is 24.9 Å². The van der Waals surface area contributed by atoms with Gasteiger partial charge in [0.1, 0.15) is 10.5 Å². The molecule has 0 aliphatic rings. The van der Waals surface area contributed by atoms with Gasteiger partial charge in [-0.3, -0.25) is 13.9 Å². The second kappa shape index (κ2) is 5.98. The van der Waals surface area contributed by atoms with E-state index in [1.54, 1.807) is 16.7 Å². The van der Waals surface area contributed by atoms with Crippen LogP contribution < -0.4 is 11.2 Å². The predicted molar refractivity (Wildman–Crippen MR) is 93.7 cm³/mol. The molecule has 120 valence electrons. The van der Waals surface area contributed by atoms with Gasteiger partial charge < -0.3 is 4.42 Å². The Bertz CT molecular complexity index is 1090. The lowest BCUT2D eigenvalue weighted by Gasteiger charge is -2.11. The third-order valence-corrected chi connectivity index (χ3v) is 4.81. The Morgan fingerprint density at radius 1 is 0.917 bits per heavy atom. The summed E-state index contributed by atoms with van der Waals surface area (Å²) in [5, 5.41) is 1.84. The van der Waals surface area contributed by atoms with Gasteiger partial charge in [0.15, 0.2) is 0 Å². The van der Waals surface area contributed by atoms with Gasteiger partial charge in [-0.15, -0.1) is 11.3 Å². The normalized spacial score (nSPS) is 11.2. The number of rotatable bonds is 4. The number of thiophene rings is 1. The Morgan fingerprint density at radius 2 is 1.75 bits per heavy atom. The first-order valence-corrected chi connectivity index (χ1v) is 8.39. The van der Waals surface area contributed by atoms with E-state index in [-0.39, 0.29) is 17.8 Å². The Morgan fingerprint density at radius 3 is 2.50 bits per heavy atom. The minimum Gasteiger partial charge on any atom is -0.467 e. The van der Waals surface area contributed by atoms with Crippen LogP contribution in [0.25, 0.3) is 10.2 Å². The number of hydrogen-bond acceptors (Lipinski definition) is 4. The molecule has 0 saturated heterocycles. The number of nitrogens with zero attached hydrogens (tertiary/aromatic N) is 2. The van der Waals surface area contributed by atoms with E-state index in [1.165, 1.54) is 22.2 Å². The molecule has 1 aromatic carbocycles. The van der Waals surface area contributed by atoms with Crippen molar-refractivity contribution in [3.05, 3.63) is 92.3 Å². The molecule has 0 N–H and O–H groups in total. The summed E-state index contributed by atoms with van der Waals surface area (Å²) in [6, 6.07) is 15.1. The predicted octanol–water partition coefficient (Wildman–Crippen LogP) is 2.91. The first kappa shape index (κ1) is 14.7. The largest absolute Gasteiger partial charge is 0.467 e. The fourth-order valence-corrected chi connectivity index (χ4v) is 3.59. The second-order valence-corrected chi connectivity index (χ2v) is 6.38. The zero-order valence-corrected chi connectivity index (χ0v) is 13.5. The number of fused-ring (bicyclic) bond motifs is 1. The first-order valence-electron chi connectivity index (χ1n) is 7.51. The highest BCUT2D eigenvalue weighted by atomic mass is 32.1. The molecule has 5 nitrogen and oxygen atoms in total. The molecule has 0 saturated carbocycles. The van der Waals surface area contributed by atoms with Crippen molar-refractivity contribution < 1.29 is 4.42 Å². The van der Waals surface area contributed by atoms with Crippen molar-refractivity contribution in [2.45, 2.75) is 13.1 Å². The van der Waals surface area contributed by atoms with E-state index >= 15 is 0 Å². The summed E-state index contributed by atoms with van der Waals surface area (Å²) in [5.74, 6) is 0.580. The van der Waals surface area contributed by atoms with Gasteiger partial charge in [-0.2, -0.15) is 0 Å². The van der Waals surface area contributed by atoms with Crippen LogP contribution in [0.5, 0.6) is 0 Å². The van der Waals surface area contributed by atoms with E-state index < -0.39 is 0 Å². The molecular weight excluding hydrogens is 324 g/mol. The zero-order chi connectivity index (χ0) is 16.5. The fraction of sp³-hybridized carbons (Fsp3) is 0.111. The minimum absolute atomic E-state index is 0.132. The highest BCUT2D eigenvalue weighted by Crippen LogP contribution is 2.16. The Hall–Kier alpha value is -2.86. The van der Waals surface area contributed by atoms with E-state index in [0.29, 0.717) is 22.5 Å². The summed E-state index contributed by atoms with van der Waals surface area (Å²) in [5.41, 5.74) is 1.08. The van der Waals surface area contributed by atoms with Crippen molar-refractivity contribution in [1.29, 1.82) is 0 Å². The van der Waals surface area contributed by atoms with Crippen LogP contribution in [0.15, 0.2) is 74.2 Å². The van der Waals surface area contributed by atoms with E-state index in [4.69, 9.17) is 4.42 Å². The van der Waals surface area contributed by atoms with Crippen LogP contribution in [0.1, 0.15) is 11.3 Å². The maximum Gasteiger partial charge on any atom is 0.332 e. The van der Waals surface area contributed by atoms with Crippen molar-refractivity contribution in [1.82, 2.24) is 9.13 Å². The van der Waals surface area contributed by atoms with Gasteiger partial charge >= 0.3 is 5.69 Å². The number of benzene rings is 1. The second-order valence-electron chi connectivity index (χ2n) is 5.46. The molecule has 0 spiro atoms. The molecule has 0 amide bonds. The standard InChI is InChI=1S/C18H14N2O3S/c21-17-16-15(8-10-24-16)19(11-13-5-2-1-3-6-13)18(22)20(17)12-14-7-4-9-23-14/h1-10H,11-12H2. The zero-order valence-electron chi connectivity index (χ0n) is 12.7. The van der Waals surface area contributed by atoms with Crippen LogP contribution in [-0.4, -0.2) is 9.13 Å². The van der Waals surface area contributed by atoms with Crippen LogP contribution in [0, 0.1) is 0 Å². The first-order chi connectivity index (χ1) is 11.7. The van der Waals surface area contributed by atoms with Crippen molar-refractivity contribution in [2.75, 3.05) is 0 Å². The number of hydrogen-bond donors (Lipinski definition) is 0. The maximum absolute atomic E-state index is 12.9. The summed E-state index contributed by atoms with van der Waals surface area (Å²) in [6.07, 6.45) is 1.53. The van der Waals surface area contributed by atoms with Crippen molar-refractivity contribution in [3.8, 4) is 0 Å². The van der Waals surface area contributed by atoms with Crippen LogP contribution in [0.3, 0.4) is 0 Å². The lowest BCUT2D eigenvalue weighted by Crippen LogP contribution is -2.40.